The normalized spacial score (nSPS) is 18.2. The number of benzene rings is 2. The molecule has 1 saturated heterocycles. The summed E-state index contributed by atoms with van der Waals surface area (Å²) in [4.78, 5) is 38.4. The van der Waals surface area contributed by atoms with Crippen molar-refractivity contribution in [3.05, 3.63) is 48.5 Å². The topological polar surface area (TPSA) is 225 Å². The Morgan fingerprint density at radius 2 is 1.38 bits per heavy atom. The number of amides is 3. The van der Waals surface area contributed by atoms with Crippen molar-refractivity contribution in [3.63, 3.8) is 0 Å². The van der Waals surface area contributed by atoms with Crippen molar-refractivity contribution in [2.24, 2.45) is 27.1 Å². The van der Waals surface area contributed by atoms with Crippen LogP contribution < -0.4 is 26.3 Å². The van der Waals surface area contributed by atoms with Crippen LogP contribution in [0.4, 0.5) is 11.4 Å². The van der Waals surface area contributed by atoms with E-state index in [1.807, 2.05) is 0 Å². The van der Waals surface area contributed by atoms with Crippen LogP contribution in [0.25, 0.3) is 0 Å². The molecular formula is C17H30N6O7S2. The predicted molar refractivity (Wildman–Crippen MR) is 127 cm³/mol. The lowest BCUT2D eigenvalue weighted by molar-refractivity contribution is -0.127. The summed E-state index contributed by atoms with van der Waals surface area (Å²) in [5.74, 6) is 0.655. The first-order valence-electron chi connectivity index (χ1n) is 8.57. The fourth-order valence-electron chi connectivity index (χ4n) is 2.92. The molecule has 2 aromatic rings. The van der Waals surface area contributed by atoms with Crippen molar-refractivity contribution in [1.29, 1.82) is 0 Å². The number of sulfonamides is 2. The van der Waals surface area contributed by atoms with Crippen LogP contribution in [0, 0.1) is 5.92 Å². The summed E-state index contributed by atoms with van der Waals surface area (Å²) < 4.78 is 45.4. The SMILES string of the molecule is N/N=C1\C(=O)N(c2ccc(S(N)(=O)=O)cc2)C(=O)C1C(=O)Nc1ccc(S(N)(=O)=O)cc1.[HH].[HH].[HH].[HH].[HH].[HH].[HH]. The van der Waals surface area contributed by atoms with Crippen molar-refractivity contribution >= 4 is 54.9 Å². The van der Waals surface area contributed by atoms with E-state index in [-0.39, 0.29) is 31.2 Å². The second-order valence-corrected chi connectivity index (χ2v) is 9.65. The van der Waals surface area contributed by atoms with Crippen LogP contribution in [-0.4, -0.2) is 40.3 Å². The summed E-state index contributed by atoms with van der Waals surface area (Å²) >= 11 is 0. The Bertz CT molecular complexity index is 1380. The molecule has 0 aromatic heterocycles. The summed E-state index contributed by atoms with van der Waals surface area (Å²) in [5, 5.41) is 15.7. The molecular weight excluding hydrogens is 464 g/mol. The van der Waals surface area contributed by atoms with Gasteiger partial charge in [-0.05, 0) is 48.5 Å². The minimum Gasteiger partial charge on any atom is -0.325 e. The third-order valence-corrected chi connectivity index (χ3v) is 6.30. The highest BCUT2D eigenvalue weighted by Crippen LogP contribution is 2.27. The number of nitrogens with one attached hydrogen (secondary N) is 1. The molecule has 0 saturated carbocycles. The molecule has 1 unspecified atom stereocenters. The van der Waals surface area contributed by atoms with Gasteiger partial charge in [0.2, 0.25) is 26.0 Å². The van der Waals surface area contributed by atoms with Gasteiger partial charge < -0.3 is 11.2 Å². The van der Waals surface area contributed by atoms with Gasteiger partial charge in [0.15, 0.2) is 5.92 Å². The molecule has 1 fully saturated rings. The van der Waals surface area contributed by atoms with Crippen LogP contribution in [0.5, 0.6) is 0 Å². The molecule has 0 radical (unpaired) electrons. The predicted octanol–water partition coefficient (Wildman–Crippen LogP) is 0.146. The van der Waals surface area contributed by atoms with Gasteiger partial charge in [0.1, 0.15) is 5.71 Å². The van der Waals surface area contributed by atoms with Crippen LogP contribution in [0.3, 0.4) is 0 Å². The molecule has 3 amide bonds. The number of carbonyl (C=O) groups excluding carboxylic acids is 3. The highest BCUT2D eigenvalue weighted by molar-refractivity contribution is 7.89. The first kappa shape index (κ1) is 23.0. The maximum Gasteiger partial charge on any atom is 0.282 e. The zero-order valence-electron chi connectivity index (χ0n) is 16.0. The maximum atomic E-state index is 12.9. The van der Waals surface area contributed by atoms with E-state index in [1.165, 1.54) is 12.1 Å². The maximum absolute atomic E-state index is 12.9. The molecule has 1 aliphatic heterocycles. The minimum atomic E-state index is -4.00. The van der Waals surface area contributed by atoms with Crippen LogP contribution in [0.1, 0.15) is 9.99 Å². The van der Waals surface area contributed by atoms with Gasteiger partial charge >= 0.3 is 0 Å². The summed E-state index contributed by atoms with van der Waals surface area (Å²) in [6.07, 6.45) is 0. The fraction of sp³-hybridized carbons (Fsp3) is 0.0588. The third-order valence-electron chi connectivity index (χ3n) is 4.44. The minimum absolute atomic E-state index is 0. The molecule has 2 aromatic carbocycles. The number of nitrogens with two attached hydrogens (primary N) is 3. The molecule has 3 rings (SSSR count). The zero-order chi connectivity index (χ0) is 23.8. The van der Waals surface area contributed by atoms with Gasteiger partial charge in [-0.3, -0.25) is 14.4 Å². The lowest BCUT2D eigenvalue weighted by atomic mass is 10.1. The smallest absolute Gasteiger partial charge is 0.282 e. The standard InChI is InChI=1S/C17H16N6O7S2.7H2/c18-22-14-13(15(24)21-9-1-5-11(6-2-9)31(19,27)28)16(25)23(17(14)26)10-3-7-12(8-4-10)32(20,29)30;;;;;;;/h1-8,13H,18H2,(H,21,24)(H2,19,27,28)(H2,20,29,30);7*1H/b22-14-;;;;;;;. The Morgan fingerprint density at radius 1 is 0.906 bits per heavy atom. The highest BCUT2D eigenvalue weighted by atomic mass is 32.2. The van der Waals surface area contributed by atoms with Gasteiger partial charge in [-0.1, -0.05) is 0 Å². The Balaban J connectivity index is -0.000000550. The summed E-state index contributed by atoms with van der Waals surface area (Å²) in [6.45, 7) is 0. The van der Waals surface area contributed by atoms with Crippen molar-refractivity contribution in [2.75, 3.05) is 10.2 Å². The number of nitrogens with zero attached hydrogens (tertiary/aromatic N) is 2. The van der Waals surface area contributed by atoms with E-state index in [0.717, 1.165) is 36.4 Å². The van der Waals surface area contributed by atoms with E-state index in [4.69, 9.17) is 16.1 Å². The lowest BCUT2D eigenvalue weighted by Crippen LogP contribution is -2.35. The Morgan fingerprint density at radius 3 is 1.81 bits per heavy atom. The molecule has 0 bridgehead atoms. The average Bonchev–Trinajstić information content (AvgIpc) is 2.96. The number of primary sulfonamides is 2. The molecule has 0 spiro atoms. The van der Waals surface area contributed by atoms with Crippen molar-refractivity contribution in [3.8, 4) is 0 Å². The number of rotatable bonds is 5. The van der Waals surface area contributed by atoms with Crippen LogP contribution in [-0.2, 0) is 34.4 Å². The van der Waals surface area contributed by atoms with Crippen LogP contribution >= 0.6 is 0 Å². The van der Waals surface area contributed by atoms with Gasteiger partial charge in [0.05, 0.1) is 15.5 Å². The molecule has 7 N–H and O–H groups in total. The molecule has 182 valence electrons. The molecule has 1 atom stereocenters. The summed E-state index contributed by atoms with van der Waals surface area (Å²) in [5.41, 5.74) is -0.444. The zero-order valence-corrected chi connectivity index (χ0v) is 17.6. The number of anilines is 2. The largest absolute Gasteiger partial charge is 0.325 e. The first-order valence-corrected chi connectivity index (χ1v) is 11.7. The second kappa shape index (κ2) is 8.12. The fourth-order valence-corrected chi connectivity index (χ4v) is 3.95. The number of hydrazone groups is 1. The van der Waals surface area contributed by atoms with E-state index in [1.54, 1.807) is 0 Å². The van der Waals surface area contributed by atoms with E-state index in [0.29, 0.717) is 4.90 Å². The van der Waals surface area contributed by atoms with E-state index >= 15 is 0 Å². The molecule has 15 heteroatoms. The number of hydrogen-bond acceptors (Lipinski definition) is 9. The van der Waals surface area contributed by atoms with Gasteiger partial charge in [0.25, 0.3) is 11.8 Å². The summed E-state index contributed by atoms with van der Waals surface area (Å²) in [6, 6.07) is 9.26. The van der Waals surface area contributed by atoms with Crippen molar-refractivity contribution in [2.45, 2.75) is 9.79 Å². The highest BCUT2D eigenvalue weighted by Gasteiger charge is 2.49. The van der Waals surface area contributed by atoms with Gasteiger partial charge in [0, 0.05) is 15.7 Å². The number of carbonyl (C=O) groups is 3. The average molecular weight is 495 g/mol. The Hall–Kier alpha value is -3.66. The van der Waals surface area contributed by atoms with E-state index < -0.39 is 49.4 Å². The monoisotopic (exact) mass is 494 g/mol. The quantitative estimate of drug-likeness (QED) is 0.193. The van der Waals surface area contributed by atoms with Gasteiger partial charge in [-0.2, -0.15) is 5.10 Å². The van der Waals surface area contributed by atoms with E-state index in [2.05, 4.69) is 10.4 Å². The Labute approximate surface area is 192 Å². The van der Waals surface area contributed by atoms with Crippen LogP contribution in [0.15, 0.2) is 63.4 Å². The molecule has 1 aliphatic rings. The molecule has 32 heavy (non-hydrogen) atoms. The number of imide groups is 1. The second-order valence-electron chi connectivity index (χ2n) is 6.52. The molecule has 1 heterocycles. The van der Waals surface area contributed by atoms with Gasteiger partial charge in [-0.25, -0.2) is 32.0 Å². The van der Waals surface area contributed by atoms with E-state index in [9.17, 15) is 31.2 Å². The Kier molecular flexibility index (Phi) is 5.84. The molecule has 13 nitrogen and oxygen atoms in total. The van der Waals surface area contributed by atoms with Gasteiger partial charge in [-0.15, -0.1) is 0 Å². The lowest BCUT2D eigenvalue weighted by Gasteiger charge is -2.14. The number of hydrogen-bond donors (Lipinski definition) is 4. The van der Waals surface area contributed by atoms with Crippen molar-refractivity contribution < 1.29 is 41.2 Å². The molecule has 0 aliphatic carbocycles. The summed E-state index contributed by atoms with van der Waals surface area (Å²) in [7, 11) is -7.94. The first-order chi connectivity index (χ1) is 14.8. The third kappa shape index (κ3) is 4.35. The van der Waals surface area contributed by atoms with Crippen LogP contribution in [0.2, 0.25) is 0 Å². The van der Waals surface area contributed by atoms with Crippen molar-refractivity contribution in [1.82, 2.24) is 0 Å².